The summed E-state index contributed by atoms with van der Waals surface area (Å²) in [4.78, 5) is 16.2. The molecule has 0 aliphatic heterocycles. The van der Waals surface area contributed by atoms with E-state index >= 15 is 0 Å². The lowest BCUT2D eigenvalue weighted by Gasteiger charge is -2.08. The van der Waals surface area contributed by atoms with E-state index < -0.39 is 0 Å². The molecule has 3 rings (SSSR count). The average molecular weight is 358 g/mol. The summed E-state index contributed by atoms with van der Waals surface area (Å²) in [5.41, 5.74) is 1.46. The predicted molar refractivity (Wildman–Crippen MR) is 94.7 cm³/mol. The van der Waals surface area contributed by atoms with Gasteiger partial charge in [0.15, 0.2) is 12.4 Å². The Kier molecular flexibility index (Phi) is 5.30. The fourth-order valence-electron chi connectivity index (χ4n) is 2.09. The fraction of sp³-hybridized carbons (Fsp3) is 0.167. The lowest BCUT2D eigenvalue weighted by Crippen LogP contribution is -2.20. The van der Waals surface area contributed by atoms with Gasteiger partial charge in [-0.2, -0.15) is 4.98 Å². The summed E-state index contributed by atoms with van der Waals surface area (Å²) in [6.45, 7) is 1.86. The number of carbonyl (C=O) groups is 1. The smallest absolute Gasteiger partial charge is 0.262 e. The van der Waals surface area contributed by atoms with Crippen LogP contribution in [-0.2, 0) is 11.2 Å². The molecule has 25 heavy (non-hydrogen) atoms. The molecular weight excluding hydrogens is 342 g/mol. The van der Waals surface area contributed by atoms with Crippen molar-refractivity contribution >= 4 is 23.2 Å². The molecule has 1 amide bonds. The number of nitrogens with zero attached hydrogens (tertiary/aromatic N) is 2. The highest BCUT2D eigenvalue weighted by molar-refractivity contribution is 6.30. The standard InChI is InChI=1S/C18H16ClN3O3/c1-2-16-21-18(25-22-16)12-3-9-15(10-4-12)24-11-17(23)20-14-7-5-13(19)6-8-14/h3-10H,2,11H2,1H3,(H,20,23). The van der Waals surface area contributed by atoms with Gasteiger partial charge in [0.2, 0.25) is 0 Å². The molecule has 6 nitrogen and oxygen atoms in total. The van der Waals surface area contributed by atoms with Crippen molar-refractivity contribution in [2.45, 2.75) is 13.3 Å². The number of ether oxygens (including phenoxy) is 1. The molecule has 0 bridgehead atoms. The van der Waals surface area contributed by atoms with Crippen molar-refractivity contribution in [1.82, 2.24) is 10.1 Å². The molecule has 0 atom stereocenters. The molecule has 7 heteroatoms. The van der Waals surface area contributed by atoms with Gasteiger partial charge in [-0.15, -0.1) is 0 Å². The van der Waals surface area contributed by atoms with Gasteiger partial charge >= 0.3 is 0 Å². The van der Waals surface area contributed by atoms with Crippen molar-refractivity contribution in [2.75, 3.05) is 11.9 Å². The molecule has 0 unspecified atom stereocenters. The molecule has 2 aromatic carbocycles. The van der Waals surface area contributed by atoms with E-state index in [1.165, 1.54) is 0 Å². The monoisotopic (exact) mass is 357 g/mol. The number of rotatable bonds is 6. The third-order valence-electron chi connectivity index (χ3n) is 3.38. The molecule has 0 aliphatic carbocycles. The number of anilines is 1. The van der Waals surface area contributed by atoms with Crippen LogP contribution in [0.5, 0.6) is 5.75 Å². The zero-order valence-electron chi connectivity index (χ0n) is 13.5. The number of hydrogen-bond acceptors (Lipinski definition) is 5. The maximum Gasteiger partial charge on any atom is 0.262 e. The van der Waals surface area contributed by atoms with Crippen LogP contribution >= 0.6 is 11.6 Å². The molecular formula is C18H16ClN3O3. The fourth-order valence-corrected chi connectivity index (χ4v) is 2.21. The summed E-state index contributed by atoms with van der Waals surface area (Å²) in [6, 6.07) is 14.0. The normalized spacial score (nSPS) is 10.5. The lowest BCUT2D eigenvalue weighted by atomic mass is 10.2. The van der Waals surface area contributed by atoms with Crippen LogP contribution in [0.3, 0.4) is 0 Å². The zero-order valence-corrected chi connectivity index (χ0v) is 14.3. The van der Waals surface area contributed by atoms with Crippen LogP contribution in [0.2, 0.25) is 5.02 Å². The molecule has 1 N–H and O–H groups in total. The predicted octanol–water partition coefficient (Wildman–Crippen LogP) is 3.97. The average Bonchev–Trinajstić information content (AvgIpc) is 3.12. The highest BCUT2D eigenvalue weighted by atomic mass is 35.5. The van der Waals surface area contributed by atoms with Crippen LogP contribution in [0, 0.1) is 0 Å². The Bertz CT molecular complexity index is 845. The molecule has 0 radical (unpaired) electrons. The molecule has 3 aromatic rings. The third-order valence-corrected chi connectivity index (χ3v) is 3.64. The third kappa shape index (κ3) is 4.58. The maximum absolute atomic E-state index is 11.9. The summed E-state index contributed by atoms with van der Waals surface area (Å²) >= 11 is 5.80. The second-order valence-corrected chi connectivity index (χ2v) is 5.67. The summed E-state index contributed by atoms with van der Waals surface area (Å²) in [6.07, 6.45) is 0.716. The first-order valence-corrected chi connectivity index (χ1v) is 8.13. The van der Waals surface area contributed by atoms with E-state index in [1.807, 2.05) is 6.92 Å². The SMILES string of the molecule is CCc1noc(-c2ccc(OCC(=O)Nc3ccc(Cl)cc3)cc2)n1. The molecule has 0 saturated carbocycles. The maximum atomic E-state index is 11.9. The zero-order chi connectivity index (χ0) is 17.6. The number of benzene rings is 2. The Morgan fingerprint density at radius 3 is 2.52 bits per heavy atom. The Morgan fingerprint density at radius 2 is 1.88 bits per heavy atom. The van der Waals surface area contributed by atoms with Crippen molar-refractivity contribution in [3.8, 4) is 17.2 Å². The van der Waals surface area contributed by atoms with Gasteiger partial charge < -0.3 is 14.6 Å². The number of hydrogen-bond donors (Lipinski definition) is 1. The number of aromatic nitrogens is 2. The number of halogens is 1. The minimum atomic E-state index is -0.254. The second-order valence-electron chi connectivity index (χ2n) is 5.24. The van der Waals surface area contributed by atoms with Crippen molar-refractivity contribution < 1.29 is 14.1 Å². The van der Waals surface area contributed by atoms with E-state index in [0.717, 1.165) is 5.56 Å². The molecule has 0 saturated heterocycles. The van der Waals surface area contributed by atoms with Gasteiger partial charge in [-0.25, -0.2) is 0 Å². The summed E-state index contributed by atoms with van der Waals surface area (Å²) in [7, 11) is 0. The van der Waals surface area contributed by atoms with Crippen LogP contribution in [-0.4, -0.2) is 22.7 Å². The molecule has 0 fully saturated rings. The van der Waals surface area contributed by atoms with Crippen LogP contribution in [0.25, 0.3) is 11.5 Å². The molecule has 1 heterocycles. The summed E-state index contributed by atoms with van der Waals surface area (Å²) in [5.74, 6) is 1.44. The van der Waals surface area contributed by atoms with Gasteiger partial charge in [0.1, 0.15) is 5.75 Å². The van der Waals surface area contributed by atoms with E-state index in [1.54, 1.807) is 48.5 Å². The quantitative estimate of drug-likeness (QED) is 0.722. The number of nitrogens with one attached hydrogen (secondary N) is 1. The van der Waals surface area contributed by atoms with Crippen LogP contribution in [0.4, 0.5) is 5.69 Å². The van der Waals surface area contributed by atoms with E-state index in [-0.39, 0.29) is 12.5 Å². The van der Waals surface area contributed by atoms with Crippen molar-refractivity contribution in [1.29, 1.82) is 0 Å². The van der Waals surface area contributed by atoms with E-state index in [9.17, 15) is 4.79 Å². The number of amides is 1. The van der Waals surface area contributed by atoms with Gasteiger partial charge in [-0.3, -0.25) is 4.79 Å². The minimum absolute atomic E-state index is 0.0947. The number of aryl methyl sites for hydroxylation is 1. The summed E-state index contributed by atoms with van der Waals surface area (Å²) in [5, 5.41) is 7.20. The van der Waals surface area contributed by atoms with E-state index in [0.29, 0.717) is 34.6 Å². The molecule has 0 aliphatic rings. The molecule has 1 aromatic heterocycles. The van der Waals surface area contributed by atoms with Gasteiger partial charge in [-0.1, -0.05) is 23.7 Å². The Morgan fingerprint density at radius 1 is 1.16 bits per heavy atom. The molecule has 128 valence electrons. The minimum Gasteiger partial charge on any atom is -0.484 e. The van der Waals surface area contributed by atoms with Gasteiger partial charge in [0.25, 0.3) is 11.8 Å². The van der Waals surface area contributed by atoms with Crippen LogP contribution < -0.4 is 10.1 Å². The first-order valence-electron chi connectivity index (χ1n) is 7.75. The van der Waals surface area contributed by atoms with Gasteiger partial charge in [0.05, 0.1) is 0 Å². The van der Waals surface area contributed by atoms with Crippen molar-refractivity contribution in [3.05, 3.63) is 59.4 Å². The lowest BCUT2D eigenvalue weighted by molar-refractivity contribution is -0.118. The van der Waals surface area contributed by atoms with Crippen LogP contribution in [0.1, 0.15) is 12.7 Å². The van der Waals surface area contributed by atoms with E-state index in [4.69, 9.17) is 20.9 Å². The largest absolute Gasteiger partial charge is 0.484 e. The van der Waals surface area contributed by atoms with Crippen LogP contribution in [0.15, 0.2) is 53.1 Å². The van der Waals surface area contributed by atoms with Crippen molar-refractivity contribution in [2.24, 2.45) is 0 Å². The first kappa shape index (κ1) is 17.0. The topological polar surface area (TPSA) is 77.2 Å². The first-order chi connectivity index (χ1) is 12.1. The van der Waals surface area contributed by atoms with Gasteiger partial charge in [0, 0.05) is 22.7 Å². The highest BCUT2D eigenvalue weighted by Gasteiger charge is 2.08. The second kappa shape index (κ2) is 7.81. The highest BCUT2D eigenvalue weighted by Crippen LogP contribution is 2.21. The molecule has 0 spiro atoms. The van der Waals surface area contributed by atoms with Crippen molar-refractivity contribution in [3.63, 3.8) is 0 Å². The Hall–Kier alpha value is -2.86. The van der Waals surface area contributed by atoms with E-state index in [2.05, 4.69) is 15.5 Å². The number of carbonyl (C=O) groups excluding carboxylic acids is 1. The Labute approximate surface area is 149 Å². The van der Waals surface area contributed by atoms with Gasteiger partial charge in [-0.05, 0) is 48.5 Å². The Balaban J connectivity index is 1.54. The summed E-state index contributed by atoms with van der Waals surface area (Å²) < 4.78 is 10.7.